The second-order valence-electron chi connectivity index (χ2n) is 9.08. The highest BCUT2D eigenvalue weighted by atomic mass is 16.7. The molecule has 1 aliphatic heterocycles. The van der Waals surface area contributed by atoms with Gasteiger partial charge in [-0.05, 0) is 17.5 Å². The van der Waals surface area contributed by atoms with E-state index in [1.807, 2.05) is 67.6 Å². The van der Waals surface area contributed by atoms with E-state index < -0.39 is 42.6 Å². The number of hydrogen-bond acceptors (Lipinski definition) is 8. The Kier molecular flexibility index (Phi) is 11.2. The van der Waals surface area contributed by atoms with Crippen LogP contribution >= 0.6 is 0 Å². The smallest absolute Gasteiger partial charge is 0.305 e. The first kappa shape index (κ1) is 27.3. The molecular formula is C30H39NO8. The second-order valence-corrected chi connectivity index (χ2v) is 9.08. The molecule has 1 fully saturated rings. The third kappa shape index (κ3) is 9.45. The van der Waals surface area contributed by atoms with Crippen molar-refractivity contribution in [2.45, 2.75) is 90.3 Å². The number of carbonyl (C=O) groups is 3. The predicted octanol–water partition coefficient (Wildman–Crippen LogP) is 4.07. The molecule has 0 aromatic heterocycles. The van der Waals surface area contributed by atoms with Crippen molar-refractivity contribution in [2.24, 2.45) is 0 Å². The van der Waals surface area contributed by atoms with Gasteiger partial charge in [0, 0.05) is 22.0 Å². The lowest BCUT2D eigenvalue weighted by molar-refractivity contribution is -0.286. The van der Waals surface area contributed by atoms with Gasteiger partial charge in [-0.25, -0.2) is 0 Å². The largest absolute Gasteiger partial charge is 0.463 e. The van der Waals surface area contributed by atoms with E-state index in [1.54, 1.807) is 0 Å². The number of hydrogen-bond donors (Lipinski definition) is 1. The van der Waals surface area contributed by atoms with Crippen LogP contribution in [0.15, 0.2) is 60.7 Å². The summed E-state index contributed by atoms with van der Waals surface area (Å²) in [6.45, 7) is 1.58. The topological polar surface area (TPSA) is 109 Å². The van der Waals surface area contributed by atoms with Gasteiger partial charge in [0.25, 0.3) is 0 Å². The van der Waals surface area contributed by atoms with Crippen LogP contribution in [0.2, 0.25) is 0 Å². The van der Waals surface area contributed by atoms with Crippen LogP contribution in [0.25, 0.3) is 0 Å². The van der Waals surface area contributed by atoms with Gasteiger partial charge in [-0.15, -0.1) is 0 Å². The number of benzene rings is 2. The zero-order valence-electron chi connectivity index (χ0n) is 24.3. The molecule has 5 atom stereocenters. The Morgan fingerprint density at radius 3 is 2.10 bits per heavy atom. The van der Waals surface area contributed by atoms with E-state index in [1.165, 1.54) is 0 Å². The third-order valence-electron chi connectivity index (χ3n) is 6.08. The molecule has 1 amide bonds. The van der Waals surface area contributed by atoms with Crippen molar-refractivity contribution >= 4 is 17.8 Å². The lowest BCUT2D eigenvalue weighted by Gasteiger charge is -2.45. The molecule has 1 saturated heterocycles. The first-order valence-electron chi connectivity index (χ1n) is 14.6. The van der Waals surface area contributed by atoms with Crippen molar-refractivity contribution in [1.82, 2.24) is 5.32 Å². The van der Waals surface area contributed by atoms with Crippen LogP contribution in [0.3, 0.4) is 0 Å². The molecule has 1 unspecified atom stereocenters. The van der Waals surface area contributed by atoms with Crippen LogP contribution in [-0.4, -0.2) is 55.1 Å². The van der Waals surface area contributed by atoms with Gasteiger partial charge in [0.2, 0.25) is 5.91 Å². The Balaban J connectivity index is 1.95. The van der Waals surface area contributed by atoms with Gasteiger partial charge in [-0.1, -0.05) is 81.4 Å². The molecule has 39 heavy (non-hydrogen) atoms. The predicted molar refractivity (Wildman–Crippen MR) is 143 cm³/mol. The highest BCUT2D eigenvalue weighted by Crippen LogP contribution is 2.29. The molecule has 2 aromatic rings. The number of ether oxygens (including phenoxy) is 5. The van der Waals surface area contributed by atoms with Crippen LogP contribution in [0.5, 0.6) is 0 Å². The van der Waals surface area contributed by atoms with Gasteiger partial charge in [-0.2, -0.15) is 0 Å². The SMILES string of the molecule is [2H]CCC(=O)OC[C@H]1OC(OCc2ccccc2)[C@H](NC(=O)CCC)[C@@H](OCc2ccccc2)[C@@H]1OC(=O)CC[2H]. The molecule has 0 spiro atoms. The van der Waals surface area contributed by atoms with Crippen LogP contribution in [0, 0.1) is 0 Å². The molecule has 0 aliphatic carbocycles. The monoisotopic (exact) mass is 543 g/mol. The summed E-state index contributed by atoms with van der Waals surface area (Å²) >= 11 is 0. The summed E-state index contributed by atoms with van der Waals surface area (Å²) in [5, 5.41) is 2.96. The molecule has 212 valence electrons. The lowest BCUT2D eigenvalue weighted by Crippen LogP contribution is -2.66. The van der Waals surface area contributed by atoms with Gasteiger partial charge in [-0.3, -0.25) is 14.4 Å². The average Bonchev–Trinajstić information content (AvgIpc) is 2.97. The Labute approximate surface area is 232 Å². The Morgan fingerprint density at radius 1 is 0.872 bits per heavy atom. The van der Waals surface area contributed by atoms with E-state index in [-0.39, 0.29) is 58.8 Å². The van der Waals surface area contributed by atoms with Gasteiger partial charge in [0.05, 0.1) is 13.2 Å². The van der Waals surface area contributed by atoms with E-state index >= 15 is 0 Å². The van der Waals surface area contributed by atoms with Gasteiger partial charge in [0.1, 0.15) is 24.9 Å². The van der Waals surface area contributed by atoms with Crippen molar-refractivity contribution in [1.29, 1.82) is 0 Å². The minimum absolute atomic E-state index is 0.104. The fraction of sp³-hybridized carbons (Fsp3) is 0.500. The maximum atomic E-state index is 12.9. The van der Waals surface area contributed by atoms with Crippen molar-refractivity contribution < 1.29 is 40.8 Å². The minimum atomic E-state index is -1.09. The lowest BCUT2D eigenvalue weighted by atomic mass is 9.95. The molecular weight excluding hydrogens is 502 g/mol. The molecule has 9 nitrogen and oxygen atoms in total. The van der Waals surface area contributed by atoms with E-state index in [0.717, 1.165) is 11.1 Å². The van der Waals surface area contributed by atoms with Crippen molar-refractivity contribution in [3.8, 4) is 0 Å². The van der Waals surface area contributed by atoms with Crippen molar-refractivity contribution in [3.05, 3.63) is 71.8 Å². The summed E-state index contributed by atoms with van der Waals surface area (Å²) < 4.78 is 44.6. The first-order valence-corrected chi connectivity index (χ1v) is 13.1. The zero-order chi connectivity index (χ0) is 29.5. The van der Waals surface area contributed by atoms with E-state index in [0.29, 0.717) is 6.42 Å². The second kappa shape index (κ2) is 16.0. The van der Waals surface area contributed by atoms with Gasteiger partial charge >= 0.3 is 11.9 Å². The maximum absolute atomic E-state index is 12.9. The summed E-state index contributed by atoms with van der Waals surface area (Å²) in [5.41, 5.74) is 1.73. The van der Waals surface area contributed by atoms with Gasteiger partial charge < -0.3 is 29.0 Å². The Morgan fingerprint density at radius 2 is 1.49 bits per heavy atom. The standard InChI is InChI=1S/C30H39NO8/c1-4-13-24(32)31-27-29(36-18-21-14-9-7-10-15-21)28(39-26(34)6-3)23(20-35-25(33)5-2)38-30(27)37-19-22-16-11-8-12-17-22/h7-12,14-17,23,27-30H,4-6,13,18-20H2,1-3H3,(H,31,32)/t23-,27-,28-,29-,30?/m1/s1/i2D,3D. The molecule has 1 N–H and O–H groups in total. The van der Waals surface area contributed by atoms with Crippen LogP contribution in [0.4, 0.5) is 0 Å². The van der Waals surface area contributed by atoms with Crippen molar-refractivity contribution in [2.75, 3.05) is 6.61 Å². The number of amides is 1. The van der Waals surface area contributed by atoms with E-state index in [9.17, 15) is 14.4 Å². The molecule has 0 saturated carbocycles. The average molecular weight is 544 g/mol. The quantitative estimate of drug-likeness (QED) is 0.355. The molecule has 0 bridgehead atoms. The zero-order valence-corrected chi connectivity index (χ0v) is 22.3. The van der Waals surface area contributed by atoms with Crippen LogP contribution < -0.4 is 5.32 Å². The fourth-order valence-corrected chi connectivity index (χ4v) is 4.14. The summed E-state index contributed by atoms with van der Waals surface area (Å²) in [5.74, 6) is -1.49. The van der Waals surface area contributed by atoms with Crippen LogP contribution in [0.1, 0.15) is 60.3 Å². The maximum Gasteiger partial charge on any atom is 0.305 e. The Hall–Kier alpha value is -3.27. The normalized spacial score (nSPS) is 23.3. The summed E-state index contributed by atoms with van der Waals surface area (Å²) in [4.78, 5) is 37.6. The molecule has 2 aromatic carbocycles. The van der Waals surface area contributed by atoms with E-state index in [2.05, 4.69) is 5.32 Å². The number of rotatable bonds is 14. The highest BCUT2D eigenvalue weighted by Gasteiger charge is 2.50. The summed E-state index contributed by atoms with van der Waals surface area (Å²) in [6, 6.07) is 17.9. The highest BCUT2D eigenvalue weighted by molar-refractivity contribution is 5.76. The molecule has 1 heterocycles. The first-order chi connectivity index (χ1) is 19.9. The number of esters is 2. The summed E-state index contributed by atoms with van der Waals surface area (Å²) in [6.07, 6.45) is -3.47. The molecule has 1 aliphatic rings. The fourth-order valence-electron chi connectivity index (χ4n) is 4.14. The molecule has 3 rings (SSSR count). The third-order valence-corrected chi connectivity index (χ3v) is 6.08. The van der Waals surface area contributed by atoms with Gasteiger partial charge in [0.15, 0.2) is 12.4 Å². The Bertz CT molecular complexity index is 1070. The molecule has 0 radical (unpaired) electrons. The van der Waals surface area contributed by atoms with Crippen LogP contribution in [-0.2, 0) is 51.3 Å². The number of carbonyl (C=O) groups excluding carboxylic acids is 3. The summed E-state index contributed by atoms with van der Waals surface area (Å²) in [7, 11) is 0. The number of nitrogens with one attached hydrogen (secondary N) is 1. The molecule has 9 heteroatoms. The van der Waals surface area contributed by atoms with E-state index in [4.69, 9.17) is 26.4 Å². The minimum Gasteiger partial charge on any atom is -0.463 e. The van der Waals surface area contributed by atoms with Crippen molar-refractivity contribution in [3.63, 3.8) is 0 Å².